The highest BCUT2D eigenvalue weighted by atomic mass is 16.4. The summed E-state index contributed by atoms with van der Waals surface area (Å²) in [4.78, 5) is 11.1. The SMILES string of the molecule is CCCn1cc(C)c2c(C(=O)O)cccc21. The maximum absolute atomic E-state index is 11.1. The van der Waals surface area contributed by atoms with E-state index in [1.165, 1.54) is 0 Å². The predicted octanol–water partition coefficient (Wildman–Crippen LogP) is 3.06. The van der Waals surface area contributed by atoms with Crippen LogP contribution in [0.3, 0.4) is 0 Å². The quantitative estimate of drug-likeness (QED) is 0.858. The molecule has 0 aliphatic rings. The number of carbonyl (C=O) groups is 1. The van der Waals surface area contributed by atoms with Crippen molar-refractivity contribution in [2.75, 3.05) is 0 Å². The Balaban J connectivity index is 2.74. The molecule has 1 N–H and O–H groups in total. The molecule has 0 aliphatic heterocycles. The summed E-state index contributed by atoms with van der Waals surface area (Å²) in [5.74, 6) is -0.858. The molecule has 0 fully saturated rings. The topological polar surface area (TPSA) is 42.2 Å². The van der Waals surface area contributed by atoms with E-state index < -0.39 is 5.97 Å². The molecule has 0 bridgehead atoms. The van der Waals surface area contributed by atoms with Crippen molar-refractivity contribution in [3.63, 3.8) is 0 Å². The van der Waals surface area contributed by atoms with Crippen LogP contribution in [0.5, 0.6) is 0 Å². The molecule has 3 nitrogen and oxygen atoms in total. The van der Waals surface area contributed by atoms with E-state index in [1.807, 2.05) is 19.2 Å². The lowest BCUT2D eigenvalue weighted by Crippen LogP contribution is -1.98. The largest absolute Gasteiger partial charge is 0.478 e. The summed E-state index contributed by atoms with van der Waals surface area (Å²) >= 11 is 0. The van der Waals surface area contributed by atoms with E-state index in [1.54, 1.807) is 12.1 Å². The summed E-state index contributed by atoms with van der Waals surface area (Å²) in [5, 5.41) is 10.0. The third kappa shape index (κ3) is 1.58. The number of hydrogen-bond donors (Lipinski definition) is 1. The van der Waals surface area contributed by atoms with Crippen molar-refractivity contribution in [3.8, 4) is 0 Å². The maximum atomic E-state index is 11.1. The van der Waals surface area contributed by atoms with Gasteiger partial charge in [0.25, 0.3) is 0 Å². The van der Waals surface area contributed by atoms with Gasteiger partial charge in [0.15, 0.2) is 0 Å². The number of aryl methyl sites for hydroxylation is 2. The third-order valence-electron chi connectivity index (χ3n) is 2.79. The molecular weight excluding hydrogens is 202 g/mol. The second-order valence-electron chi connectivity index (χ2n) is 4.01. The summed E-state index contributed by atoms with van der Waals surface area (Å²) in [5.41, 5.74) is 2.44. The van der Waals surface area contributed by atoms with Crippen LogP contribution in [0.4, 0.5) is 0 Å². The number of fused-ring (bicyclic) bond motifs is 1. The number of carboxylic acids is 1. The van der Waals surface area contributed by atoms with Crippen molar-refractivity contribution in [3.05, 3.63) is 35.5 Å². The average Bonchev–Trinajstić information content (AvgIpc) is 2.57. The first-order chi connectivity index (χ1) is 7.65. The molecule has 3 heteroatoms. The lowest BCUT2D eigenvalue weighted by Gasteiger charge is -2.03. The van der Waals surface area contributed by atoms with Crippen LogP contribution in [0.25, 0.3) is 10.9 Å². The maximum Gasteiger partial charge on any atom is 0.336 e. The Kier molecular flexibility index (Phi) is 2.69. The third-order valence-corrected chi connectivity index (χ3v) is 2.79. The van der Waals surface area contributed by atoms with Gasteiger partial charge >= 0.3 is 5.97 Å². The second kappa shape index (κ2) is 4.00. The van der Waals surface area contributed by atoms with Gasteiger partial charge in [-0.3, -0.25) is 0 Å². The van der Waals surface area contributed by atoms with Crippen molar-refractivity contribution in [2.45, 2.75) is 26.8 Å². The summed E-state index contributed by atoms with van der Waals surface area (Å²) in [6, 6.07) is 5.44. The first-order valence-corrected chi connectivity index (χ1v) is 5.47. The van der Waals surface area contributed by atoms with Gasteiger partial charge in [-0.05, 0) is 31.0 Å². The van der Waals surface area contributed by atoms with E-state index >= 15 is 0 Å². The number of benzene rings is 1. The molecule has 1 aromatic heterocycles. The molecule has 0 saturated carbocycles. The zero-order valence-electron chi connectivity index (χ0n) is 9.53. The lowest BCUT2D eigenvalue weighted by atomic mass is 10.1. The minimum Gasteiger partial charge on any atom is -0.478 e. The highest BCUT2D eigenvalue weighted by Crippen LogP contribution is 2.25. The van der Waals surface area contributed by atoms with Crippen molar-refractivity contribution < 1.29 is 9.90 Å². The van der Waals surface area contributed by atoms with E-state index in [4.69, 9.17) is 5.11 Å². The van der Waals surface area contributed by atoms with Gasteiger partial charge < -0.3 is 9.67 Å². The van der Waals surface area contributed by atoms with Crippen LogP contribution in [-0.4, -0.2) is 15.6 Å². The molecule has 16 heavy (non-hydrogen) atoms. The highest BCUT2D eigenvalue weighted by Gasteiger charge is 2.13. The molecule has 84 valence electrons. The van der Waals surface area contributed by atoms with E-state index in [2.05, 4.69) is 11.5 Å². The van der Waals surface area contributed by atoms with Crippen LogP contribution in [0.2, 0.25) is 0 Å². The van der Waals surface area contributed by atoms with Gasteiger partial charge in [0.2, 0.25) is 0 Å². The summed E-state index contributed by atoms with van der Waals surface area (Å²) < 4.78 is 2.12. The average molecular weight is 217 g/mol. The number of aromatic nitrogens is 1. The number of nitrogens with zero attached hydrogens (tertiary/aromatic N) is 1. The molecule has 1 aromatic carbocycles. The molecule has 0 atom stereocenters. The molecule has 0 amide bonds. The molecule has 1 heterocycles. The molecular formula is C13H15NO2. The van der Waals surface area contributed by atoms with Gasteiger partial charge in [-0.1, -0.05) is 13.0 Å². The van der Waals surface area contributed by atoms with Gasteiger partial charge in [-0.15, -0.1) is 0 Å². The van der Waals surface area contributed by atoms with Crippen LogP contribution in [0.15, 0.2) is 24.4 Å². The smallest absolute Gasteiger partial charge is 0.336 e. The zero-order valence-corrected chi connectivity index (χ0v) is 9.53. The standard InChI is InChI=1S/C13H15NO2/c1-3-7-14-8-9(2)12-10(13(15)16)5-4-6-11(12)14/h4-6,8H,3,7H2,1-2H3,(H,15,16). The molecule has 2 rings (SSSR count). The number of rotatable bonds is 3. The second-order valence-corrected chi connectivity index (χ2v) is 4.01. The van der Waals surface area contributed by atoms with E-state index in [9.17, 15) is 4.79 Å². The van der Waals surface area contributed by atoms with Gasteiger partial charge in [0, 0.05) is 23.6 Å². The van der Waals surface area contributed by atoms with E-state index in [0.717, 1.165) is 29.4 Å². The van der Waals surface area contributed by atoms with Crippen LogP contribution in [0, 0.1) is 6.92 Å². The van der Waals surface area contributed by atoms with Crippen LogP contribution >= 0.6 is 0 Å². The normalized spacial score (nSPS) is 10.9. The Hall–Kier alpha value is -1.77. The molecule has 0 aliphatic carbocycles. The summed E-state index contributed by atoms with van der Waals surface area (Å²) in [7, 11) is 0. The Morgan fingerprint density at radius 3 is 2.81 bits per heavy atom. The van der Waals surface area contributed by atoms with Crippen molar-refractivity contribution in [1.29, 1.82) is 0 Å². The Labute approximate surface area is 94.3 Å². The minimum absolute atomic E-state index is 0.393. The fourth-order valence-electron chi connectivity index (χ4n) is 2.17. The van der Waals surface area contributed by atoms with Crippen LogP contribution in [-0.2, 0) is 6.54 Å². The van der Waals surface area contributed by atoms with Gasteiger partial charge in [0.05, 0.1) is 5.56 Å². The molecule has 0 saturated heterocycles. The molecule has 0 unspecified atom stereocenters. The Morgan fingerprint density at radius 1 is 1.44 bits per heavy atom. The van der Waals surface area contributed by atoms with Crippen LogP contribution < -0.4 is 0 Å². The van der Waals surface area contributed by atoms with Crippen molar-refractivity contribution in [2.24, 2.45) is 0 Å². The number of aromatic carboxylic acids is 1. The minimum atomic E-state index is -0.858. The first kappa shape index (κ1) is 10.7. The summed E-state index contributed by atoms with van der Waals surface area (Å²) in [6.07, 6.45) is 3.07. The van der Waals surface area contributed by atoms with E-state index in [-0.39, 0.29) is 0 Å². The van der Waals surface area contributed by atoms with Gasteiger partial charge in [-0.2, -0.15) is 0 Å². The highest BCUT2D eigenvalue weighted by molar-refractivity contribution is 6.04. The monoisotopic (exact) mass is 217 g/mol. The van der Waals surface area contributed by atoms with Crippen molar-refractivity contribution >= 4 is 16.9 Å². The fourth-order valence-corrected chi connectivity index (χ4v) is 2.17. The summed E-state index contributed by atoms with van der Waals surface area (Å²) in [6.45, 7) is 5.00. The molecule has 0 radical (unpaired) electrons. The zero-order chi connectivity index (χ0) is 11.7. The first-order valence-electron chi connectivity index (χ1n) is 5.47. The molecule has 2 aromatic rings. The fraction of sp³-hybridized carbons (Fsp3) is 0.308. The van der Waals surface area contributed by atoms with Crippen molar-refractivity contribution in [1.82, 2.24) is 4.57 Å². The predicted molar refractivity (Wildman–Crippen MR) is 63.9 cm³/mol. The Morgan fingerprint density at radius 2 is 2.19 bits per heavy atom. The molecule has 0 spiro atoms. The lowest BCUT2D eigenvalue weighted by molar-refractivity contribution is 0.0699. The van der Waals surface area contributed by atoms with E-state index in [0.29, 0.717) is 5.56 Å². The Bertz CT molecular complexity index is 540. The van der Waals surface area contributed by atoms with Gasteiger partial charge in [-0.25, -0.2) is 4.79 Å². The number of carboxylic acid groups (broad SMARTS) is 1. The number of hydrogen-bond acceptors (Lipinski definition) is 1. The van der Waals surface area contributed by atoms with Crippen LogP contribution in [0.1, 0.15) is 29.3 Å². The van der Waals surface area contributed by atoms with Gasteiger partial charge in [0.1, 0.15) is 0 Å².